The van der Waals surface area contributed by atoms with Crippen LogP contribution >= 0.6 is 0 Å². The van der Waals surface area contributed by atoms with E-state index in [1.807, 2.05) is 36.0 Å². The minimum atomic E-state index is 0.230. The van der Waals surface area contributed by atoms with Crippen molar-refractivity contribution in [1.82, 2.24) is 9.80 Å². The van der Waals surface area contributed by atoms with Crippen LogP contribution in [0.15, 0.2) is 25.3 Å². The van der Waals surface area contributed by atoms with Gasteiger partial charge in [0.05, 0.1) is 0 Å². The van der Waals surface area contributed by atoms with Crippen LogP contribution in [-0.2, 0) is 9.59 Å². The lowest BCUT2D eigenvalue weighted by Crippen LogP contribution is -2.32. The van der Waals surface area contributed by atoms with Crippen molar-refractivity contribution in [2.24, 2.45) is 0 Å². The zero-order chi connectivity index (χ0) is 23.2. The van der Waals surface area contributed by atoms with Crippen molar-refractivity contribution in [3.05, 3.63) is 25.3 Å². The SMILES string of the molecule is C=CCCCCCCCCC(=O)N(C)CCCN(C)C(=O)CCCCCCCCC=C. The summed E-state index contributed by atoms with van der Waals surface area (Å²) in [5, 5.41) is 0. The lowest BCUT2D eigenvalue weighted by molar-refractivity contribution is -0.130. The van der Waals surface area contributed by atoms with Crippen LogP contribution in [0.1, 0.15) is 109 Å². The number of carbonyl (C=O) groups is 2. The molecule has 4 nitrogen and oxygen atoms in total. The molecular formula is C27H50N2O2. The number of unbranched alkanes of at least 4 members (excludes halogenated alkanes) is 12. The molecule has 4 heteroatoms. The molecule has 31 heavy (non-hydrogen) atoms. The summed E-state index contributed by atoms with van der Waals surface area (Å²) >= 11 is 0. The van der Waals surface area contributed by atoms with Gasteiger partial charge in [0.2, 0.25) is 11.8 Å². The average molecular weight is 435 g/mol. The minimum Gasteiger partial charge on any atom is -0.346 e. The lowest BCUT2D eigenvalue weighted by Gasteiger charge is -2.21. The zero-order valence-electron chi connectivity index (χ0n) is 20.7. The predicted octanol–water partition coefficient (Wildman–Crippen LogP) is 6.91. The van der Waals surface area contributed by atoms with E-state index in [9.17, 15) is 9.59 Å². The Morgan fingerprint density at radius 1 is 0.548 bits per heavy atom. The molecule has 0 saturated heterocycles. The van der Waals surface area contributed by atoms with Crippen molar-refractivity contribution >= 4 is 11.8 Å². The molecule has 0 atom stereocenters. The van der Waals surface area contributed by atoms with E-state index in [1.165, 1.54) is 51.4 Å². The third-order valence-electron chi connectivity index (χ3n) is 5.94. The highest BCUT2D eigenvalue weighted by Gasteiger charge is 2.11. The van der Waals surface area contributed by atoms with Crippen molar-refractivity contribution in [1.29, 1.82) is 0 Å². The summed E-state index contributed by atoms with van der Waals surface area (Å²) in [4.78, 5) is 28.1. The number of amides is 2. The first-order chi connectivity index (χ1) is 15.0. The van der Waals surface area contributed by atoms with Gasteiger partial charge >= 0.3 is 0 Å². The lowest BCUT2D eigenvalue weighted by atomic mass is 10.1. The molecule has 0 aromatic carbocycles. The molecule has 2 amide bonds. The van der Waals surface area contributed by atoms with E-state index in [0.29, 0.717) is 12.8 Å². The van der Waals surface area contributed by atoms with Gasteiger partial charge < -0.3 is 9.80 Å². The maximum Gasteiger partial charge on any atom is 0.222 e. The molecule has 0 radical (unpaired) electrons. The minimum absolute atomic E-state index is 0.230. The number of hydrogen-bond donors (Lipinski definition) is 0. The van der Waals surface area contributed by atoms with Crippen LogP contribution in [0.2, 0.25) is 0 Å². The molecule has 0 fully saturated rings. The van der Waals surface area contributed by atoms with Crippen LogP contribution in [0.3, 0.4) is 0 Å². The highest BCUT2D eigenvalue weighted by molar-refractivity contribution is 5.76. The van der Waals surface area contributed by atoms with E-state index in [1.54, 1.807) is 0 Å². The van der Waals surface area contributed by atoms with Gasteiger partial charge in [0.15, 0.2) is 0 Å². The van der Waals surface area contributed by atoms with E-state index in [4.69, 9.17) is 0 Å². The fourth-order valence-electron chi connectivity index (χ4n) is 3.72. The van der Waals surface area contributed by atoms with Gasteiger partial charge in [-0.1, -0.05) is 63.5 Å². The summed E-state index contributed by atoms with van der Waals surface area (Å²) in [6.07, 6.45) is 22.5. The van der Waals surface area contributed by atoms with Crippen LogP contribution in [0.5, 0.6) is 0 Å². The van der Waals surface area contributed by atoms with E-state index in [2.05, 4.69) is 13.2 Å². The Bertz CT molecular complexity index is 434. The number of rotatable bonds is 22. The van der Waals surface area contributed by atoms with Crippen LogP contribution in [-0.4, -0.2) is 48.8 Å². The third-order valence-corrected chi connectivity index (χ3v) is 5.94. The first kappa shape index (κ1) is 29.4. The fraction of sp³-hybridized carbons (Fsp3) is 0.778. The van der Waals surface area contributed by atoms with E-state index in [0.717, 1.165) is 58.0 Å². The molecule has 0 saturated carbocycles. The summed E-state index contributed by atoms with van der Waals surface area (Å²) in [6, 6.07) is 0. The molecule has 0 aliphatic rings. The quantitative estimate of drug-likeness (QED) is 0.137. The molecule has 0 spiro atoms. The van der Waals surface area contributed by atoms with Gasteiger partial charge in [0, 0.05) is 40.0 Å². The highest BCUT2D eigenvalue weighted by Crippen LogP contribution is 2.11. The Morgan fingerprint density at radius 2 is 0.871 bits per heavy atom. The van der Waals surface area contributed by atoms with Gasteiger partial charge in [-0.25, -0.2) is 0 Å². The second-order valence-electron chi connectivity index (χ2n) is 8.88. The second kappa shape index (κ2) is 21.6. The molecule has 0 N–H and O–H groups in total. The van der Waals surface area contributed by atoms with Gasteiger partial charge in [0.25, 0.3) is 0 Å². The smallest absolute Gasteiger partial charge is 0.222 e. The number of hydrogen-bond acceptors (Lipinski definition) is 2. The molecule has 0 unspecified atom stereocenters. The molecule has 0 rings (SSSR count). The molecule has 0 aromatic rings. The zero-order valence-corrected chi connectivity index (χ0v) is 20.7. The highest BCUT2D eigenvalue weighted by atomic mass is 16.2. The van der Waals surface area contributed by atoms with Crippen LogP contribution in [0, 0.1) is 0 Å². The third kappa shape index (κ3) is 18.9. The van der Waals surface area contributed by atoms with Gasteiger partial charge in [0.1, 0.15) is 0 Å². The van der Waals surface area contributed by atoms with Crippen molar-refractivity contribution < 1.29 is 9.59 Å². The van der Waals surface area contributed by atoms with Crippen molar-refractivity contribution in [2.45, 2.75) is 109 Å². The summed E-state index contributed by atoms with van der Waals surface area (Å²) in [5.74, 6) is 0.461. The summed E-state index contributed by atoms with van der Waals surface area (Å²) in [7, 11) is 3.77. The molecular weight excluding hydrogens is 384 g/mol. The first-order valence-corrected chi connectivity index (χ1v) is 12.7. The van der Waals surface area contributed by atoms with Gasteiger partial charge in [-0.2, -0.15) is 0 Å². The van der Waals surface area contributed by atoms with Crippen molar-refractivity contribution in [3.63, 3.8) is 0 Å². The molecule has 0 aliphatic heterocycles. The van der Waals surface area contributed by atoms with Gasteiger partial charge in [-0.05, 0) is 44.9 Å². The fourth-order valence-corrected chi connectivity index (χ4v) is 3.72. The maximum atomic E-state index is 12.2. The summed E-state index contributed by atoms with van der Waals surface area (Å²) in [6.45, 7) is 8.94. The molecule has 0 aromatic heterocycles. The molecule has 0 heterocycles. The maximum absolute atomic E-state index is 12.2. The standard InChI is InChI=1S/C27H50N2O2/c1-5-7-9-11-13-15-17-19-22-26(30)28(3)24-21-25-29(4)27(31)23-20-18-16-14-12-10-8-6-2/h5-6H,1-2,7-25H2,3-4H3. The van der Waals surface area contributed by atoms with E-state index in [-0.39, 0.29) is 11.8 Å². The van der Waals surface area contributed by atoms with Gasteiger partial charge in [-0.15, -0.1) is 13.2 Å². The van der Waals surface area contributed by atoms with Crippen molar-refractivity contribution in [3.8, 4) is 0 Å². The van der Waals surface area contributed by atoms with E-state index < -0.39 is 0 Å². The van der Waals surface area contributed by atoms with Crippen molar-refractivity contribution in [2.75, 3.05) is 27.2 Å². The molecule has 0 aliphatic carbocycles. The topological polar surface area (TPSA) is 40.6 Å². The van der Waals surface area contributed by atoms with Crippen LogP contribution in [0.4, 0.5) is 0 Å². The van der Waals surface area contributed by atoms with Crippen LogP contribution < -0.4 is 0 Å². The number of carbonyl (C=O) groups excluding carboxylic acids is 2. The normalized spacial score (nSPS) is 10.6. The largest absolute Gasteiger partial charge is 0.346 e. The Kier molecular flexibility index (Phi) is 20.5. The Balaban J connectivity index is 3.65. The van der Waals surface area contributed by atoms with Gasteiger partial charge in [-0.3, -0.25) is 9.59 Å². The number of nitrogens with zero attached hydrogens (tertiary/aromatic N) is 2. The first-order valence-electron chi connectivity index (χ1n) is 12.7. The Morgan fingerprint density at radius 3 is 1.23 bits per heavy atom. The average Bonchev–Trinajstić information content (AvgIpc) is 2.76. The van der Waals surface area contributed by atoms with E-state index >= 15 is 0 Å². The molecule has 180 valence electrons. The Labute approximate surface area is 193 Å². The second-order valence-corrected chi connectivity index (χ2v) is 8.88. The summed E-state index contributed by atoms with van der Waals surface area (Å²) < 4.78 is 0. The number of allylic oxidation sites excluding steroid dienone is 2. The van der Waals surface area contributed by atoms with Crippen LogP contribution in [0.25, 0.3) is 0 Å². The Hall–Kier alpha value is -1.58. The molecule has 0 bridgehead atoms. The summed E-state index contributed by atoms with van der Waals surface area (Å²) in [5.41, 5.74) is 0. The predicted molar refractivity (Wildman–Crippen MR) is 134 cm³/mol. The monoisotopic (exact) mass is 434 g/mol.